The van der Waals surface area contributed by atoms with Gasteiger partial charge in [-0.15, -0.1) is 11.3 Å². The van der Waals surface area contributed by atoms with Crippen molar-refractivity contribution in [2.24, 2.45) is 5.73 Å². The van der Waals surface area contributed by atoms with Crippen LogP contribution in [0.25, 0.3) is 10.4 Å². The molecule has 0 fully saturated rings. The van der Waals surface area contributed by atoms with Crippen LogP contribution >= 0.6 is 11.3 Å². The van der Waals surface area contributed by atoms with Crippen molar-refractivity contribution in [1.29, 1.82) is 0 Å². The number of carbonyl (C=O) groups is 1. The third kappa shape index (κ3) is 3.02. The molecule has 2 aromatic heterocycles. The van der Waals surface area contributed by atoms with Crippen LogP contribution in [0.5, 0.6) is 0 Å². The number of amides is 1. The third-order valence-corrected chi connectivity index (χ3v) is 5.33. The quantitative estimate of drug-likeness (QED) is 0.710. The molecule has 0 saturated heterocycles. The second kappa shape index (κ2) is 7.05. The Morgan fingerprint density at radius 1 is 1.17 bits per heavy atom. The molecule has 0 bridgehead atoms. The number of nitrogens with two attached hydrogens (primary N) is 1. The number of aryl methyl sites for hydroxylation is 1. The predicted molar refractivity (Wildman–Crippen MR) is 101 cm³/mol. The molecule has 0 saturated carbocycles. The minimum atomic E-state index is -0.343. The lowest BCUT2D eigenvalue weighted by atomic mass is 10.1. The predicted octanol–water partition coefficient (Wildman–Crippen LogP) is 4.43. The summed E-state index contributed by atoms with van der Waals surface area (Å²) in [4.78, 5) is 13.2. The minimum Gasteiger partial charge on any atom is -0.366 e. The van der Waals surface area contributed by atoms with E-state index < -0.39 is 0 Å². The van der Waals surface area contributed by atoms with Gasteiger partial charge in [0.05, 0.1) is 5.56 Å². The monoisotopic (exact) mass is 338 g/mol. The molecule has 0 spiro atoms. The molecule has 0 aliphatic carbocycles. The standard InChI is InChI=1S/C20H22N2OS/c1-3-16-19(17-10-7-13-24-17)18(20(21)23)14(2)22(16)12-11-15-8-5-4-6-9-15/h4-10,13H,3,11-12H2,1-2H3,(H2,21,23). The highest BCUT2D eigenvalue weighted by molar-refractivity contribution is 7.13. The summed E-state index contributed by atoms with van der Waals surface area (Å²) < 4.78 is 2.27. The highest BCUT2D eigenvalue weighted by Crippen LogP contribution is 2.35. The van der Waals surface area contributed by atoms with E-state index in [0.29, 0.717) is 5.56 Å². The summed E-state index contributed by atoms with van der Waals surface area (Å²) in [7, 11) is 0. The zero-order valence-electron chi connectivity index (χ0n) is 14.1. The lowest BCUT2D eigenvalue weighted by Crippen LogP contribution is -2.13. The Bertz CT molecular complexity index is 832. The maximum Gasteiger partial charge on any atom is 0.251 e. The number of benzene rings is 1. The Labute approximate surface area is 146 Å². The van der Waals surface area contributed by atoms with Crippen molar-refractivity contribution in [3.63, 3.8) is 0 Å². The number of hydrogen-bond donors (Lipinski definition) is 1. The fourth-order valence-corrected chi connectivity index (χ4v) is 4.14. The molecular weight excluding hydrogens is 316 g/mol. The maximum absolute atomic E-state index is 12.1. The Morgan fingerprint density at radius 2 is 1.92 bits per heavy atom. The van der Waals surface area contributed by atoms with Crippen LogP contribution in [0, 0.1) is 6.92 Å². The number of carbonyl (C=O) groups excluding carboxylic acids is 1. The molecule has 0 aliphatic rings. The average Bonchev–Trinajstić information content (AvgIpc) is 3.19. The number of primary amides is 1. The number of hydrogen-bond acceptors (Lipinski definition) is 2. The minimum absolute atomic E-state index is 0.343. The fourth-order valence-electron chi connectivity index (χ4n) is 3.34. The molecule has 0 radical (unpaired) electrons. The Balaban J connectivity index is 2.06. The number of rotatable bonds is 6. The SMILES string of the molecule is CCc1c(-c2cccs2)c(C(N)=O)c(C)n1CCc1ccccc1. The second-order valence-electron chi connectivity index (χ2n) is 5.86. The van der Waals surface area contributed by atoms with E-state index >= 15 is 0 Å². The van der Waals surface area contributed by atoms with Crippen LogP contribution in [0.4, 0.5) is 0 Å². The van der Waals surface area contributed by atoms with Gasteiger partial charge in [-0.3, -0.25) is 4.79 Å². The van der Waals surface area contributed by atoms with Crippen LogP contribution in [0.15, 0.2) is 47.8 Å². The molecule has 2 heterocycles. The first-order valence-electron chi connectivity index (χ1n) is 8.23. The Hall–Kier alpha value is -2.33. The summed E-state index contributed by atoms with van der Waals surface area (Å²) in [6, 6.07) is 14.5. The van der Waals surface area contributed by atoms with E-state index in [0.717, 1.165) is 35.5 Å². The highest BCUT2D eigenvalue weighted by Gasteiger charge is 2.24. The lowest BCUT2D eigenvalue weighted by Gasteiger charge is -2.11. The summed E-state index contributed by atoms with van der Waals surface area (Å²) in [5, 5.41) is 2.04. The van der Waals surface area contributed by atoms with Crippen molar-refractivity contribution < 1.29 is 4.79 Å². The van der Waals surface area contributed by atoms with Gasteiger partial charge in [-0.1, -0.05) is 43.3 Å². The van der Waals surface area contributed by atoms with Gasteiger partial charge in [-0.2, -0.15) is 0 Å². The van der Waals surface area contributed by atoms with Crippen molar-refractivity contribution >= 4 is 17.2 Å². The summed E-state index contributed by atoms with van der Waals surface area (Å²) in [6.45, 7) is 4.99. The topological polar surface area (TPSA) is 48.0 Å². The zero-order valence-corrected chi connectivity index (χ0v) is 14.9. The summed E-state index contributed by atoms with van der Waals surface area (Å²) in [5.41, 5.74) is 10.9. The Kier molecular flexibility index (Phi) is 4.86. The van der Waals surface area contributed by atoms with E-state index in [1.807, 2.05) is 24.4 Å². The van der Waals surface area contributed by atoms with Gasteiger partial charge in [-0.05, 0) is 36.8 Å². The van der Waals surface area contributed by atoms with Crippen LogP contribution < -0.4 is 5.73 Å². The van der Waals surface area contributed by atoms with Gasteiger partial charge in [0.2, 0.25) is 0 Å². The van der Waals surface area contributed by atoms with Crippen LogP contribution in [-0.2, 0) is 19.4 Å². The van der Waals surface area contributed by atoms with E-state index in [4.69, 9.17) is 5.73 Å². The molecule has 4 heteroatoms. The van der Waals surface area contributed by atoms with Crippen LogP contribution in [0.2, 0.25) is 0 Å². The second-order valence-corrected chi connectivity index (χ2v) is 6.81. The molecule has 0 atom stereocenters. The molecule has 2 N–H and O–H groups in total. The van der Waals surface area contributed by atoms with Crippen molar-refractivity contribution in [2.45, 2.75) is 33.2 Å². The molecule has 3 rings (SSSR count). The first-order chi connectivity index (χ1) is 11.6. The number of nitrogens with zero attached hydrogens (tertiary/aromatic N) is 1. The Morgan fingerprint density at radius 3 is 2.50 bits per heavy atom. The van der Waals surface area contributed by atoms with Crippen molar-refractivity contribution in [3.8, 4) is 10.4 Å². The van der Waals surface area contributed by atoms with Gasteiger partial charge >= 0.3 is 0 Å². The maximum atomic E-state index is 12.1. The molecule has 24 heavy (non-hydrogen) atoms. The smallest absolute Gasteiger partial charge is 0.251 e. The molecule has 3 nitrogen and oxygen atoms in total. The van der Waals surface area contributed by atoms with Crippen molar-refractivity contribution in [3.05, 3.63) is 70.4 Å². The van der Waals surface area contributed by atoms with E-state index in [9.17, 15) is 4.79 Å². The van der Waals surface area contributed by atoms with Gasteiger partial charge < -0.3 is 10.3 Å². The highest BCUT2D eigenvalue weighted by atomic mass is 32.1. The van der Waals surface area contributed by atoms with E-state index in [-0.39, 0.29) is 5.91 Å². The average molecular weight is 338 g/mol. The molecule has 1 aromatic carbocycles. The normalized spacial score (nSPS) is 10.9. The van der Waals surface area contributed by atoms with E-state index in [1.54, 1.807) is 11.3 Å². The zero-order chi connectivity index (χ0) is 17.1. The summed E-state index contributed by atoms with van der Waals surface area (Å²) >= 11 is 1.65. The van der Waals surface area contributed by atoms with Crippen LogP contribution in [0.3, 0.4) is 0 Å². The van der Waals surface area contributed by atoms with Crippen molar-refractivity contribution in [2.75, 3.05) is 0 Å². The van der Waals surface area contributed by atoms with Gasteiger partial charge in [0.1, 0.15) is 0 Å². The molecule has 1 amide bonds. The first kappa shape index (κ1) is 16.5. The van der Waals surface area contributed by atoms with Crippen LogP contribution in [-0.4, -0.2) is 10.5 Å². The molecule has 0 aliphatic heterocycles. The summed E-state index contributed by atoms with van der Waals surface area (Å²) in [6.07, 6.45) is 1.81. The fraction of sp³-hybridized carbons (Fsp3) is 0.250. The third-order valence-electron chi connectivity index (χ3n) is 4.45. The molecule has 124 valence electrons. The van der Waals surface area contributed by atoms with E-state index in [1.165, 1.54) is 11.3 Å². The number of thiophene rings is 1. The molecule has 3 aromatic rings. The number of aromatic nitrogens is 1. The van der Waals surface area contributed by atoms with E-state index in [2.05, 4.69) is 41.8 Å². The molecule has 0 unspecified atom stereocenters. The van der Waals surface area contributed by atoms with Gasteiger partial charge in [0.25, 0.3) is 5.91 Å². The largest absolute Gasteiger partial charge is 0.366 e. The molecular formula is C20H22N2OS. The van der Waals surface area contributed by atoms with Gasteiger partial charge in [0, 0.05) is 28.4 Å². The van der Waals surface area contributed by atoms with Gasteiger partial charge in [-0.25, -0.2) is 0 Å². The summed E-state index contributed by atoms with van der Waals surface area (Å²) in [5.74, 6) is -0.343. The van der Waals surface area contributed by atoms with Gasteiger partial charge in [0.15, 0.2) is 0 Å². The first-order valence-corrected chi connectivity index (χ1v) is 9.11. The van der Waals surface area contributed by atoms with Crippen molar-refractivity contribution in [1.82, 2.24) is 4.57 Å². The lowest BCUT2D eigenvalue weighted by molar-refractivity contribution is 0.1000. The van der Waals surface area contributed by atoms with Crippen LogP contribution in [0.1, 0.15) is 34.2 Å².